The summed E-state index contributed by atoms with van der Waals surface area (Å²) in [6.07, 6.45) is -1.53. The van der Waals surface area contributed by atoms with Gasteiger partial charge in [0.1, 0.15) is 6.04 Å². The number of anilines is 1. The summed E-state index contributed by atoms with van der Waals surface area (Å²) >= 11 is 0. The zero-order chi connectivity index (χ0) is 31.5. The average Bonchev–Trinajstić information content (AvgIpc) is 3.61. The van der Waals surface area contributed by atoms with Crippen LogP contribution >= 0.6 is 0 Å². The second-order valence-corrected chi connectivity index (χ2v) is 11.6. The molecule has 1 aliphatic carbocycles. The van der Waals surface area contributed by atoms with E-state index < -0.39 is 42.4 Å². The molecule has 0 bridgehead atoms. The number of amides is 3. The van der Waals surface area contributed by atoms with E-state index in [0.717, 1.165) is 27.8 Å². The summed E-state index contributed by atoms with van der Waals surface area (Å²) in [6, 6.07) is 30.2. The van der Waals surface area contributed by atoms with Crippen LogP contribution in [0.2, 0.25) is 0 Å². The fourth-order valence-electron chi connectivity index (χ4n) is 6.46. The van der Waals surface area contributed by atoms with Gasteiger partial charge in [0.25, 0.3) is 0 Å². The zero-order valence-electron chi connectivity index (χ0n) is 24.8. The normalized spacial score (nSPS) is 18.4. The topological polar surface area (TPSA) is 128 Å². The van der Waals surface area contributed by atoms with Crippen LogP contribution in [-0.2, 0) is 16.0 Å². The summed E-state index contributed by atoms with van der Waals surface area (Å²) in [4.78, 5) is 39.3. The van der Waals surface area contributed by atoms with Crippen LogP contribution in [0.4, 0.5) is 15.3 Å². The maximum absolute atomic E-state index is 12.9. The SMILES string of the molecule is C[C@H](NC(=O)OC1c2ccccc2-c2ccccc21)C(=O)Nc1ccc(C[C@@H]2CC[C@H]([C@H](O)c3ccccc3)N2C(=O)O)cc1. The number of hydrogen-bond acceptors (Lipinski definition) is 5. The molecule has 230 valence electrons. The Hall–Kier alpha value is -5.15. The Morgan fingerprint density at radius 1 is 0.844 bits per heavy atom. The number of nitrogens with zero attached hydrogens (tertiary/aromatic N) is 1. The lowest BCUT2D eigenvalue weighted by molar-refractivity contribution is -0.117. The predicted octanol–water partition coefficient (Wildman–Crippen LogP) is 6.30. The smallest absolute Gasteiger partial charge is 0.408 e. The van der Waals surface area contributed by atoms with Crippen molar-refractivity contribution in [3.63, 3.8) is 0 Å². The lowest BCUT2D eigenvalue weighted by atomic mass is 10.0. The number of rotatable bonds is 8. The van der Waals surface area contributed by atoms with Gasteiger partial charge in [-0.05, 0) is 60.6 Å². The Balaban J connectivity index is 1.03. The van der Waals surface area contributed by atoms with Crippen molar-refractivity contribution in [3.8, 4) is 11.1 Å². The maximum atomic E-state index is 12.9. The van der Waals surface area contributed by atoms with Crippen molar-refractivity contribution in [2.45, 2.75) is 56.5 Å². The van der Waals surface area contributed by atoms with Gasteiger partial charge in [-0.25, -0.2) is 9.59 Å². The highest BCUT2D eigenvalue weighted by Crippen LogP contribution is 2.45. The zero-order valence-corrected chi connectivity index (χ0v) is 24.8. The molecule has 3 amide bonds. The molecular formula is C36H35N3O6. The fraction of sp³-hybridized carbons (Fsp3) is 0.250. The molecule has 0 aromatic heterocycles. The van der Waals surface area contributed by atoms with Crippen molar-refractivity contribution in [2.75, 3.05) is 5.32 Å². The van der Waals surface area contributed by atoms with E-state index in [1.807, 2.05) is 78.9 Å². The van der Waals surface area contributed by atoms with Crippen LogP contribution in [0.3, 0.4) is 0 Å². The van der Waals surface area contributed by atoms with Gasteiger partial charge in [0.15, 0.2) is 6.10 Å². The van der Waals surface area contributed by atoms with E-state index in [2.05, 4.69) is 10.6 Å². The first-order chi connectivity index (χ1) is 21.8. The van der Waals surface area contributed by atoms with Gasteiger partial charge < -0.3 is 25.6 Å². The van der Waals surface area contributed by atoms with Crippen LogP contribution in [-0.4, -0.2) is 51.3 Å². The largest absolute Gasteiger partial charge is 0.465 e. The Morgan fingerprint density at radius 3 is 2.07 bits per heavy atom. The molecular weight excluding hydrogens is 570 g/mol. The number of fused-ring (bicyclic) bond motifs is 3. The van der Waals surface area contributed by atoms with Crippen molar-refractivity contribution in [1.29, 1.82) is 0 Å². The molecule has 9 nitrogen and oxygen atoms in total. The highest BCUT2D eigenvalue weighted by Gasteiger charge is 2.41. The number of benzene rings is 4. The van der Waals surface area contributed by atoms with Crippen LogP contribution in [0.15, 0.2) is 103 Å². The van der Waals surface area contributed by atoms with E-state index in [9.17, 15) is 24.6 Å². The first kappa shape index (κ1) is 29.9. The minimum atomic E-state index is -1.05. The summed E-state index contributed by atoms with van der Waals surface area (Å²) in [7, 11) is 0. The number of aliphatic hydroxyl groups is 1. The van der Waals surface area contributed by atoms with Crippen LogP contribution in [0.5, 0.6) is 0 Å². The summed E-state index contributed by atoms with van der Waals surface area (Å²) in [5.41, 5.74) is 5.99. The number of nitrogens with one attached hydrogen (secondary N) is 2. The van der Waals surface area contributed by atoms with E-state index in [0.29, 0.717) is 30.5 Å². The minimum Gasteiger partial charge on any atom is -0.465 e. The number of alkyl carbamates (subject to hydrolysis) is 1. The van der Waals surface area contributed by atoms with Crippen molar-refractivity contribution in [3.05, 3.63) is 125 Å². The monoisotopic (exact) mass is 605 g/mol. The number of likely N-dealkylation sites (tertiary alicyclic amines) is 1. The molecule has 1 saturated heterocycles. The molecule has 4 N–H and O–H groups in total. The summed E-state index contributed by atoms with van der Waals surface area (Å²) < 4.78 is 5.80. The first-order valence-electron chi connectivity index (χ1n) is 15.1. The molecule has 1 aliphatic heterocycles. The van der Waals surface area contributed by atoms with Crippen molar-refractivity contribution in [1.82, 2.24) is 10.2 Å². The van der Waals surface area contributed by atoms with Gasteiger partial charge >= 0.3 is 12.2 Å². The molecule has 2 aliphatic rings. The van der Waals surface area contributed by atoms with E-state index in [-0.39, 0.29) is 6.04 Å². The van der Waals surface area contributed by atoms with Gasteiger partial charge in [-0.3, -0.25) is 9.69 Å². The highest BCUT2D eigenvalue weighted by molar-refractivity contribution is 5.96. The lowest BCUT2D eigenvalue weighted by Crippen LogP contribution is -2.44. The van der Waals surface area contributed by atoms with Gasteiger partial charge in [-0.1, -0.05) is 91.0 Å². The van der Waals surface area contributed by atoms with Crippen LogP contribution in [0, 0.1) is 0 Å². The third-order valence-electron chi connectivity index (χ3n) is 8.69. The second-order valence-electron chi connectivity index (χ2n) is 11.6. The molecule has 9 heteroatoms. The number of hydrogen-bond donors (Lipinski definition) is 4. The molecule has 0 radical (unpaired) electrons. The molecule has 4 aromatic carbocycles. The number of carbonyl (C=O) groups excluding carboxylic acids is 2. The molecule has 1 fully saturated rings. The minimum absolute atomic E-state index is 0.277. The number of ether oxygens (including phenoxy) is 1. The molecule has 4 aromatic rings. The van der Waals surface area contributed by atoms with Crippen molar-refractivity contribution < 1.29 is 29.3 Å². The summed E-state index contributed by atoms with van der Waals surface area (Å²) in [5, 5.41) is 26.3. The van der Waals surface area contributed by atoms with E-state index >= 15 is 0 Å². The molecule has 0 spiro atoms. The quantitative estimate of drug-likeness (QED) is 0.187. The van der Waals surface area contributed by atoms with E-state index in [1.54, 1.807) is 31.2 Å². The van der Waals surface area contributed by atoms with Crippen LogP contribution < -0.4 is 10.6 Å². The van der Waals surface area contributed by atoms with Gasteiger partial charge in [0, 0.05) is 22.9 Å². The van der Waals surface area contributed by atoms with Crippen LogP contribution in [0.1, 0.15) is 54.2 Å². The van der Waals surface area contributed by atoms with Gasteiger partial charge in [-0.2, -0.15) is 0 Å². The molecule has 1 heterocycles. The third-order valence-corrected chi connectivity index (χ3v) is 8.69. The standard InChI is InChI=1S/C36H35N3O6/c1-22(37-35(42)45-33-29-13-7-5-11-27(29)28-12-6-8-14-30(28)33)34(41)38-25-17-15-23(16-18-25)21-26-19-20-31(39(26)36(43)44)32(40)24-9-3-2-4-10-24/h2-18,22,26,31-33,40H,19-21H2,1H3,(H,37,42)(H,38,41)(H,43,44)/t22-,26-,31+,32+/m0/s1. The molecule has 4 atom stereocenters. The van der Waals surface area contributed by atoms with E-state index in [1.165, 1.54) is 4.90 Å². The van der Waals surface area contributed by atoms with E-state index in [4.69, 9.17) is 4.74 Å². The van der Waals surface area contributed by atoms with Crippen molar-refractivity contribution >= 4 is 23.8 Å². The molecule has 0 unspecified atom stereocenters. The fourth-order valence-corrected chi connectivity index (χ4v) is 6.46. The third kappa shape index (κ3) is 6.25. The average molecular weight is 606 g/mol. The second kappa shape index (κ2) is 12.8. The predicted molar refractivity (Wildman–Crippen MR) is 170 cm³/mol. The highest BCUT2D eigenvalue weighted by atomic mass is 16.6. The van der Waals surface area contributed by atoms with Gasteiger partial charge in [0.05, 0.1) is 12.1 Å². The Labute approximate surface area is 261 Å². The lowest BCUT2D eigenvalue weighted by Gasteiger charge is -2.31. The molecule has 0 saturated carbocycles. The number of carbonyl (C=O) groups is 3. The van der Waals surface area contributed by atoms with Crippen molar-refractivity contribution in [2.24, 2.45) is 0 Å². The Kier molecular flexibility index (Phi) is 8.53. The summed E-state index contributed by atoms with van der Waals surface area (Å²) in [6.45, 7) is 1.59. The van der Waals surface area contributed by atoms with Gasteiger partial charge in [-0.15, -0.1) is 0 Å². The Morgan fingerprint density at radius 2 is 1.44 bits per heavy atom. The maximum Gasteiger partial charge on any atom is 0.408 e. The molecule has 45 heavy (non-hydrogen) atoms. The molecule has 6 rings (SSSR count). The summed E-state index contributed by atoms with van der Waals surface area (Å²) in [5.74, 6) is -0.405. The first-order valence-corrected chi connectivity index (χ1v) is 15.1. The van der Waals surface area contributed by atoms with Crippen LogP contribution in [0.25, 0.3) is 11.1 Å². The number of carboxylic acid groups (broad SMARTS) is 1. The Bertz CT molecular complexity index is 1650. The van der Waals surface area contributed by atoms with Gasteiger partial charge in [0.2, 0.25) is 5.91 Å². The number of aliphatic hydroxyl groups excluding tert-OH is 1.